The summed E-state index contributed by atoms with van der Waals surface area (Å²) in [6.45, 7) is 0.653. The zero-order chi connectivity index (χ0) is 17.8. The van der Waals surface area contributed by atoms with Gasteiger partial charge in [0.15, 0.2) is 5.75 Å². The summed E-state index contributed by atoms with van der Waals surface area (Å²) in [5.74, 6) is -2.07. The second-order valence-corrected chi connectivity index (χ2v) is 4.17. The highest BCUT2D eigenvalue weighted by atomic mass is 19.4. The van der Waals surface area contributed by atoms with Gasteiger partial charge in [0.25, 0.3) is 0 Å². The number of nitrogens with two attached hydrogens (primary N) is 1. The lowest BCUT2D eigenvalue weighted by Crippen LogP contribution is -2.23. The summed E-state index contributed by atoms with van der Waals surface area (Å²) in [6, 6.07) is 0.343. The van der Waals surface area contributed by atoms with Crippen LogP contribution in [0.3, 0.4) is 0 Å². The van der Waals surface area contributed by atoms with Gasteiger partial charge in [-0.05, 0) is 13.0 Å². The fourth-order valence-electron chi connectivity index (χ4n) is 1.65. The summed E-state index contributed by atoms with van der Waals surface area (Å²) in [4.78, 5) is 14.4. The fourth-order valence-corrected chi connectivity index (χ4v) is 1.65. The molecule has 0 aromatic carbocycles. The minimum Gasteiger partial charge on any atom is -0.466 e. The minimum atomic E-state index is -5.19. The number of hydrogen-bond donors (Lipinski definition) is 1. The lowest BCUT2D eigenvalue weighted by molar-refractivity contribution is -0.275. The van der Waals surface area contributed by atoms with Gasteiger partial charge in [-0.1, -0.05) is 0 Å². The molecule has 11 heteroatoms. The molecule has 0 amide bonds. The van der Waals surface area contributed by atoms with E-state index in [1.54, 1.807) is 0 Å². The van der Waals surface area contributed by atoms with Crippen LogP contribution in [0.15, 0.2) is 6.07 Å². The number of esters is 1. The van der Waals surface area contributed by atoms with Crippen LogP contribution >= 0.6 is 0 Å². The Kier molecular flexibility index (Phi) is 5.81. The maximum atomic E-state index is 12.8. The third kappa shape index (κ3) is 5.58. The molecule has 1 aromatic heterocycles. The normalized spacial score (nSPS) is 12.2. The van der Waals surface area contributed by atoms with E-state index in [0.29, 0.717) is 6.07 Å². The highest BCUT2D eigenvalue weighted by Crippen LogP contribution is 2.35. The first-order valence-electron chi connectivity index (χ1n) is 6.19. The van der Waals surface area contributed by atoms with Gasteiger partial charge in [0.05, 0.1) is 18.7 Å². The van der Waals surface area contributed by atoms with Gasteiger partial charge in [-0.15, -0.1) is 13.2 Å². The molecule has 0 radical (unpaired) electrons. The molecule has 130 valence electrons. The number of aromatic nitrogens is 1. The van der Waals surface area contributed by atoms with Crippen molar-refractivity contribution in [2.45, 2.75) is 32.4 Å². The molecule has 0 aliphatic heterocycles. The molecule has 0 saturated heterocycles. The molecule has 1 rings (SSSR count). The minimum absolute atomic E-state index is 0.100. The average Bonchev–Trinajstić information content (AvgIpc) is 2.37. The Hall–Kier alpha value is -2.04. The predicted octanol–water partition coefficient (Wildman–Crippen LogP) is 2.56. The Balaban J connectivity index is 3.41. The molecule has 0 spiro atoms. The van der Waals surface area contributed by atoms with Gasteiger partial charge in [-0.25, -0.2) is 4.98 Å². The quantitative estimate of drug-likeness (QED) is 0.655. The smallest absolute Gasteiger partial charge is 0.466 e. The van der Waals surface area contributed by atoms with Crippen molar-refractivity contribution >= 4 is 5.97 Å². The van der Waals surface area contributed by atoms with E-state index < -0.39 is 54.2 Å². The van der Waals surface area contributed by atoms with Crippen LogP contribution < -0.4 is 10.5 Å². The van der Waals surface area contributed by atoms with E-state index in [1.165, 1.54) is 6.92 Å². The van der Waals surface area contributed by atoms with Gasteiger partial charge >= 0.3 is 18.5 Å². The van der Waals surface area contributed by atoms with E-state index in [2.05, 4.69) is 14.5 Å². The number of nitrogens with zero attached hydrogens (tertiary/aromatic N) is 1. The molecule has 0 bridgehead atoms. The highest BCUT2D eigenvalue weighted by molar-refractivity contribution is 5.73. The molecule has 0 aliphatic rings. The molecule has 1 heterocycles. The Labute approximate surface area is 126 Å². The monoisotopic (exact) mass is 346 g/mol. The summed E-state index contributed by atoms with van der Waals surface area (Å²) in [5, 5.41) is 0. The lowest BCUT2D eigenvalue weighted by Gasteiger charge is -2.18. The number of hydrogen-bond acceptors (Lipinski definition) is 5. The van der Waals surface area contributed by atoms with E-state index in [0.717, 1.165) is 0 Å². The summed E-state index contributed by atoms with van der Waals surface area (Å²) in [6.07, 6.45) is -11.0. The second kappa shape index (κ2) is 7.02. The largest absolute Gasteiger partial charge is 0.573 e. The molecule has 23 heavy (non-hydrogen) atoms. The molecular formula is C12H12F6N2O3. The van der Waals surface area contributed by atoms with Crippen LogP contribution in [0, 0.1) is 0 Å². The summed E-state index contributed by atoms with van der Waals surface area (Å²) in [5.41, 5.74) is 2.27. The van der Waals surface area contributed by atoms with Crippen LogP contribution in [-0.2, 0) is 28.7 Å². The van der Waals surface area contributed by atoms with Gasteiger partial charge in [0, 0.05) is 12.1 Å². The van der Waals surface area contributed by atoms with Crippen molar-refractivity contribution in [3.63, 3.8) is 0 Å². The molecule has 0 atom stereocenters. The van der Waals surface area contributed by atoms with E-state index in [-0.39, 0.29) is 6.61 Å². The van der Waals surface area contributed by atoms with Crippen molar-refractivity contribution in [3.05, 3.63) is 23.0 Å². The number of pyridine rings is 1. The van der Waals surface area contributed by atoms with Crippen molar-refractivity contribution in [1.29, 1.82) is 0 Å². The number of rotatable bonds is 5. The number of halogens is 6. The zero-order valence-corrected chi connectivity index (χ0v) is 11.7. The van der Waals surface area contributed by atoms with Crippen LogP contribution in [0.4, 0.5) is 26.3 Å². The third-order valence-corrected chi connectivity index (χ3v) is 2.47. The van der Waals surface area contributed by atoms with Crippen LogP contribution in [0.5, 0.6) is 5.75 Å². The fraction of sp³-hybridized carbons (Fsp3) is 0.500. The predicted molar refractivity (Wildman–Crippen MR) is 64.2 cm³/mol. The molecule has 0 fully saturated rings. The third-order valence-electron chi connectivity index (χ3n) is 2.47. The SMILES string of the molecule is CCOC(=O)Cc1nc(C(F)(F)F)cc(CN)c1OC(F)(F)F. The first-order valence-corrected chi connectivity index (χ1v) is 6.19. The zero-order valence-electron chi connectivity index (χ0n) is 11.7. The van der Waals surface area contributed by atoms with Gasteiger partial charge in [0.1, 0.15) is 5.69 Å². The highest BCUT2D eigenvalue weighted by Gasteiger charge is 2.38. The Morgan fingerprint density at radius 3 is 2.30 bits per heavy atom. The molecule has 0 saturated carbocycles. The number of carbonyl (C=O) groups is 1. The van der Waals surface area contributed by atoms with Crippen molar-refractivity contribution < 1.29 is 40.6 Å². The summed E-state index contributed by atoms with van der Waals surface area (Å²) < 4.78 is 83.7. The van der Waals surface area contributed by atoms with Gasteiger partial charge in [-0.2, -0.15) is 13.2 Å². The van der Waals surface area contributed by atoms with E-state index in [9.17, 15) is 31.1 Å². The Bertz CT molecular complexity index is 571. The van der Waals surface area contributed by atoms with Crippen LogP contribution in [0.1, 0.15) is 23.9 Å². The molecule has 1 aromatic rings. The summed E-state index contributed by atoms with van der Waals surface area (Å²) >= 11 is 0. The topological polar surface area (TPSA) is 74.4 Å². The van der Waals surface area contributed by atoms with Crippen LogP contribution in [0.2, 0.25) is 0 Å². The number of carbonyl (C=O) groups excluding carboxylic acids is 1. The van der Waals surface area contributed by atoms with Crippen LogP contribution in [-0.4, -0.2) is 23.9 Å². The second-order valence-electron chi connectivity index (χ2n) is 4.17. The van der Waals surface area contributed by atoms with Crippen molar-refractivity contribution in [1.82, 2.24) is 4.98 Å². The lowest BCUT2D eigenvalue weighted by atomic mass is 10.1. The van der Waals surface area contributed by atoms with E-state index in [1.807, 2.05) is 0 Å². The maximum Gasteiger partial charge on any atom is 0.573 e. The average molecular weight is 346 g/mol. The number of ether oxygens (including phenoxy) is 2. The molecular weight excluding hydrogens is 334 g/mol. The molecule has 5 nitrogen and oxygen atoms in total. The van der Waals surface area contributed by atoms with Crippen molar-refractivity contribution in [2.75, 3.05) is 6.61 Å². The maximum absolute atomic E-state index is 12.8. The van der Waals surface area contributed by atoms with Gasteiger partial charge < -0.3 is 15.2 Å². The first kappa shape index (κ1) is 19.0. The molecule has 2 N–H and O–H groups in total. The summed E-state index contributed by atoms with van der Waals surface area (Å²) in [7, 11) is 0. The van der Waals surface area contributed by atoms with Crippen molar-refractivity contribution in [3.8, 4) is 5.75 Å². The number of alkyl halides is 6. The Morgan fingerprint density at radius 1 is 1.26 bits per heavy atom. The molecule has 0 unspecified atom stereocenters. The first-order chi connectivity index (χ1) is 10.5. The van der Waals surface area contributed by atoms with Gasteiger partial charge in [-0.3, -0.25) is 4.79 Å². The standard InChI is InChI=1S/C12H12F6N2O3/c1-2-22-9(21)4-7-10(23-12(16,17)18)6(5-19)3-8(20-7)11(13,14)15/h3H,2,4-5,19H2,1H3. The van der Waals surface area contributed by atoms with Crippen LogP contribution in [0.25, 0.3) is 0 Å². The van der Waals surface area contributed by atoms with Gasteiger partial charge in [0.2, 0.25) is 0 Å². The van der Waals surface area contributed by atoms with E-state index in [4.69, 9.17) is 5.73 Å². The Morgan fingerprint density at radius 2 is 1.87 bits per heavy atom. The van der Waals surface area contributed by atoms with Crippen molar-refractivity contribution in [2.24, 2.45) is 5.73 Å². The van der Waals surface area contributed by atoms with E-state index >= 15 is 0 Å². The molecule has 0 aliphatic carbocycles.